The molecule has 0 aliphatic carbocycles. The fourth-order valence-corrected chi connectivity index (χ4v) is 4.27. The molecule has 1 aliphatic rings. The number of amides is 1. The number of hydrogen-bond donors (Lipinski definition) is 1. The van der Waals surface area contributed by atoms with Gasteiger partial charge < -0.3 is 5.32 Å². The van der Waals surface area contributed by atoms with Crippen LogP contribution in [0.1, 0.15) is 11.1 Å². The topological polar surface area (TPSA) is 69.7 Å². The van der Waals surface area contributed by atoms with Crippen molar-refractivity contribution in [1.82, 2.24) is 8.61 Å². The molecule has 0 saturated carbocycles. The molecule has 6 nitrogen and oxygen atoms in total. The zero-order valence-corrected chi connectivity index (χ0v) is 14.9. The second-order valence-electron chi connectivity index (χ2n) is 6.07. The first-order valence-corrected chi connectivity index (χ1v) is 9.50. The molecule has 25 heavy (non-hydrogen) atoms. The zero-order chi connectivity index (χ0) is 17.9. The molecule has 0 spiro atoms. The smallest absolute Gasteiger partial charge is 0.282 e. The number of aryl methyl sites for hydroxylation is 1. The Morgan fingerprint density at radius 1 is 1.00 bits per heavy atom. The highest BCUT2D eigenvalue weighted by atomic mass is 32.2. The predicted molar refractivity (Wildman–Crippen MR) is 97.2 cm³/mol. The third-order valence-corrected chi connectivity index (χ3v) is 6.04. The Hall–Kier alpha value is -2.22. The normalized spacial score (nSPS) is 17.5. The molecule has 2 aromatic rings. The van der Waals surface area contributed by atoms with E-state index in [9.17, 15) is 13.2 Å². The second kappa shape index (κ2) is 7.35. The molecule has 2 aromatic carbocycles. The first-order chi connectivity index (χ1) is 11.9. The lowest BCUT2D eigenvalue weighted by atomic mass is 10.2. The molecule has 0 bridgehead atoms. The highest BCUT2D eigenvalue weighted by Gasteiger charge is 2.37. The van der Waals surface area contributed by atoms with E-state index in [0.29, 0.717) is 25.3 Å². The first kappa shape index (κ1) is 17.6. The minimum absolute atomic E-state index is 0.179. The van der Waals surface area contributed by atoms with Crippen molar-refractivity contribution in [2.45, 2.75) is 13.5 Å². The molecule has 0 unspecified atom stereocenters. The Labute approximate surface area is 148 Å². The van der Waals surface area contributed by atoms with Crippen LogP contribution in [0.3, 0.4) is 0 Å². The van der Waals surface area contributed by atoms with Crippen molar-refractivity contribution in [3.05, 3.63) is 65.7 Å². The van der Waals surface area contributed by atoms with Gasteiger partial charge in [0, 0.05) is 25.3 Å². The maximum atomic E-state index is 12.6. The summed E-state index contributed by atoms with van der Waals surface area (Å²) in [6, 6.07) is 16.8. The summed E-state index contributed by atoms with van der Waals surface area (Å²) in [6.07, 6.45) is 0. The maximum Gasteiger partial charge on any atom is 0.282 e. The van der Waals surface area contributed by atoms with E-state index in [1.165, 1.54) is 8.61 Å². The number of nitrogens with zero attached hydrogens (tertiary/aromatic N) is 2. The van der Waals surface area contributed by atoms with Gasteiger partial charge in [0.15, 0.2) is 0 Å². The van der Waals surface area contributed by atoms with Crippen molar-refractivity contribution in [2.24, 2.45) is 0 Å². The van der Waals surface area contributed by atoms with Gasteiger partial charge in [-0.1, -0.05) is 48.0 Å². The van der Waals surface area contributed by atoms with Crippen molar-refractivity contribution < 1.29 is 13.2 Å². The van der Waals surface area contributed by atoms with E-state index >= 15 is 0 Å². The Kier molecular flexibility index (Phi) is 5.17. The molecule has 1 amide bonds. The second-order valence-corrected chi connectivity index (χ2v) is 8.00. The summed E-state index contributed by atoms with van der Waals surface area (Å²) in [4.78, 5) is 12.2. The number of nitrogens with one attached hydrogen (secondary N) is 1. The summed E-state index contributed by atoms with van der Waals surface area (Å²) in [5, 5.41) is 2.73. The molecule has 1 fully saturated rings. The van der Waals surface area contributed by atoms with Crippen LogP contribution in [0.15, 0.2) is 54.6 Å². The number of hydrogen-bond acceptors (Lipinski definition) is 3. The van der Waals surface area contributed by atoms with Gasteiger partial charge in [-0.2, -0.15) is 17.0 Å². The maximum absolute atomic E-state index is 12.6. The molecule has 1 saturated heterocycles. The van der Waals surface area contributed by atoms with E-state index in [0.717, 1.165) is 11.1 Å². The molecule has 0 atom stereocenters. The molecule has 7 heteroatoms. The van der Waals surface area contributed by atoms with Crippen molar-refractivity contribution in [1.29, 1.82) is 0 Å². The molecule has 1 aliphatic heterocycles. The first-order valence-electron chi connectivity index (χ1n) is 8.11. The van der Waals surface area contributed by atoms with Crippen molar-refractivity contribution in [2.75, 3.05) is 25.0 Å². The lowest BCUT2D eigenvalue weighted by Gasteiger charge is -2.18. The summed E-state index contributed by atoms with van der Waals surface area (Å²) >= 11 is 0. The summed E-state index contributed by atoms with van der Waals surface area (Å²) in [5.74, 6) is -0.339. The number of carbonyl (C=O) groups is 1. The quantitative estimate of drug-likeness (QED) is 0.888. The highest BCUT2D eigenvalue weighted by Crippen LogP contribution is 2.19. The van der Waals surface area contributed by atoms with Gasteiger partial charge in [-0.3, -0.25) is 4.79 Å². The van der Waals surface area contributed by atoms with E-state index in [1.807, 2.05) is 49.4 Å². The Bertz CT molecular complexity index is 836. The Morgan fingerprint density at radius 3 is 2.32 bits per heavy atom. The monoisotopic (exact) mass is 359 g/mol. The van der Waals surface area contributed by atoms with Crippen LogP contribution in [0.2, 0.25) is 0 Å². The molecule has 0 aromatic heterocycles. The molecule has 3 rings (SSSR count). The van der Waals surface area contributed by atoms with Crippen LogP contribution in [0.4, 0.5) is 5.69 Å². The van der Waals surface area contributed by atoms with E-state index in [4.69, 9.17) is 0 Å². The van der Waals surface area contributed by atoms with Gasteiger partial charge >= 0.3 is 0 Å². The zero-order valence-electron chi connectivity index (χ0n) is 14.1. The fourth-order valence-electron chi connectivity index (χ4n) is 2.72. The molecule has 1 heterocycles. The van der Waals surface area contributed by atoms with Crippen LogP contribution in [0.25, 0.3) is 0 Å². The number of rotatable bonds is 5. The van der Waals surface area contributed by atoms with Crippen molar-refractivity contribution >= 4 is 21.8 Å². The van der Waals surface area contributed by atoms with Crippen LogP contribution in [-0.4, -0.2) is 42.6 Å². The van der Waals surface area contributed by atoms with Gasteiger partial charge in [-0.15, -0.1) is 0 Å². The molecular formula is C18H21N3O3S. The minimum Gasteiger partial charge on any atom is -0.325 e. The summed E-state index contributed by atoms with van der Waals surface area (Å²) in [7, 11) is -3.61. The van der Waals surface area contributed by atoms with Crippen LogP contribution in [0.5, 0.6) is 0 Å². The van der Waals surface area contributed by atoms with E-state index in [1.54, 1.807) is 12.1 Å². The standard InChI is InChI=1S/C18H21N3O3S/c1-15-7-9-17(10-8-15)19-18(22)14-21-12-11-20(25(21,23)24)13-16-5-3-2-4-6-16/h2-10H,11-14H2,1H3,(H,19,22). The Morgan fingerprint density at radius 2 is 1.64 bits per heavy atom. The highest BCUT2D eigenvalue weighted by molar-refractivity contribution is 7.87. The minimum atomic E-state index is -3.61. The van der Waals surface area contributed by atoms with Crippen LogP contribution >= 0.6 is 0 Å². The van der Waals surface area contributed by atoms with Gasteiger partial charge in [0.05, 0.1) is 6.54 Å². The van der Waals surface area contributed by atoms with Crippen LogP contribution in [0, 0.1) is 6.92 Å². The third-order valence-electron chi connectivity index (χ3n) is 4.11. The largest absolute Gasteiger partial charge is 0.325 e. The van der Waals surface area contributed by atoms with E-state index in [-0.39, 0.29) is 12.5 Å². The van der Waals surface area contributed by atoms with Gasteiger partial charge in [0.25, 0.3) is 10.2 Å². The van der Waals surface area contributed by atoms with Gasteiger partial charge in [0.1, 0.15) is 0 Å². The van der Waals surface area contributed by atoms with Crippen LogP contribution in [-0.2, 0) is 21.5 Å². The predicted octanol–water partition coefficient (Wildman–Crippen LogP) is 2.00. The van der Waals surface area contributed by atoms with E-state index < -0.39 is 10.2 Å². The van der Waals surface area contributed by atoms with Crippen molar-refractivity contribution in [3.63, 3.8) is 0 Å². The van der Waals surface area contributed by atoms with Crippen molar-refractivity contribution in [3.8, 4) is 0 Å². The SMILES string of the molecule is Cc1ccc(NC(=O)CN2CCN(Cc3ccccc3)S2(=O)=O)cc1. The Balaban J connectivity index is 1.61. The van der Waals surface area contributed by atoms with E-state index in [2.05, 4.69) is 5.32 Å². The lowest BCUT2D eigenvalue weighted by molar-refractivity contribution is -0.116. The van der Waals surface area contributed by atoms with Crippen LogP contribution < -0.4 is 5.32 Å². The van der Waals surface area contributed by atoms with Gasteiger partial charge in [-0.05, 0) is 24.6 Å². The third kappa shape index (κ3) is 4.25. The summed E-state index contributed by atoms with van der Waals surface area (Å²) in [6.45, 7) is 2.80. The average Bonchev–Trinajstić information content (AvgIpc) is 2.85. The number of benzene rings is 2. The summed E-state index contributed by atoms with van der Waals surface area (Å²) < 4.78 is 27.8. The average molecular weight is 359 g/mol. The van der Waals surface area contributed by atoms with Gasteiger partial charge in [0.2, 0.25) is 5.91 Å². The summed E-state index contributed by atoms with van der Waals surface area (Å²) in [5.41, 5.74) is 2.68. The van der Waals surface area contributed by atoms with Gasteiger partial charge in [-0.25, -0.2) is 0 Å². The fraction of sp³-hybridized carbons (Fsp3) is 0.278. The molecule has 132 valence electrons. The number of carbonyl (C=O) groups excluding carboxylic acids is 1. The lowest BCUT2D eigenvalue weighted by Crippen LogP contribution is -2.37. The molecule has 1 N–H and O–H groups in total. The number of anilines is 1. The molecule has 0 radical (unpaired) electrons. The molecular weight excluding hydrogens is 338 g/mol.